The average Bonchev–Trinajstić information content (AvgIpc) is 3.55. The highest BCUT2D eigenvalue weighted by atomic mass is 16.2. The van der Waals surface area contributed by atoms with Crippen molar-refractivity contribution in [2.75, 3.05) is 16.3 Å². The minimum atomic E-state index is -0.0134. The quantitative estimate of drug-likeness (QED) is 0.642. The number of allylic oxidation sites excluding steroid dienone is 1. The van der Waals surface area contributed by atoms with Crippen molar-refractivity contribution < 1.29 is 4.79 Å². The van der Waals surface area contributed by atoms with Crippen molar-refractivity contribution in [3.05, 3.63) is 48.3 Å². The first kappa shape index (κ1) is 20.2. The van der Waals surface area contributed by atoms with Gasteiger partial charge in [-0.15, -0.1) is 0 Å². The largest absolute Gasteiger partial charge is 0.404 e. The summed E-state index contributed by atoms with van der Waals surface area (Å²) in [7, 11) is 1.90. The van der Waals surface area contributed by atoms with Gasteiger partial charge in [-0.25, -0.2) is 9.67 Å². The molecule has 2 aliphatic rings. The van der Waals surface area contributed by atoms with E-state index in [1.54, 1.807) is 24.0 Å². The third kappa shape index (κ3) is 3.41. The predicted molar refractivity (Wildman–Crippen MR) is 128 cm³/mol. The second-order valence-corrected chi connectivity index (χ2v) is 8.51. The summed E-state index contributed by atoms with van der Waals surface area (Å²) < 4.78 is 1.80. The van der Waals surface area contributed by atoms with Crippen LogP contribution in [0.2, 0.25) is 0 Å². The van der Waals surface area contributed by atoms with Crippen molar-refractivity contribution in [2.45, 2.75) is 38.8 Å². The number of amides is 1. The number of hydrogen-bond acceptors (Lipinski definition) is 6. The van der Waals surface area contributed by atoms with Gasteiger partial charge in [0.05, 0.1) is 28.8 Å². The van der Waals surface area contributed by atoms with E-state index >= 15 is 0 Å². The number of aryl methyl sites for hydroxylation is 1. The fourth-order valence-corrected chi connectivity index (χ4v) is 4.38. The Morgan fingerprint density at radius 1 is 1.25 bits per heavy atom. The lowest BCUT2D eigenvalue weighted by Crippen LogP contribution is -2.48. The topological polar surface area (TPSA) is 92.6 Å². The van der Waals surface area contributed by atoms with Crippen LogP contribution in [0.3, 0.4) is 0 Å². The van der Waals surface area contributed by atoms with Gasteiger partial charge in [0, 0.05) is 44.7 Å². The predicted octanol–water partition coefficient (Wildman–Crippen LogP) is 3.39. The van der Waals surface area contributed by atoms with Crippen molar-refractivity contribution in [3.8, 4) is 0 Å². The highest BCUT2D eigenvalue weighted by Gasteiger charge is 2.33. The molecule has 1 aliphatic heterocycles. The standard InChI is InChI=1S/C24H27N7O/c1-15-14-30(24-20-5-4-10-26-23(20)29(3)28-24)22-11-17(6-9-21(22)31(15)16(2)32)18(12-25)13-27-19-7-8-19/h4-6,9-13,15,19H,7-8,14,25H2,1-3H3. The number of anilines is 3. The van der Waals surface area contributed by atoms with Crippen LogP contribution in [-0.4, -0.2) is 45.5 Å². The molecule has 1 saturated carbocycles. The molecule has 3 aromatic rings. The van der Waals surface area contributed by atoms with E-state index in [4.69, 9.17) is 10.8 Å². The number of aromatic nitrogens is 3. The van der Waals surface area contributed by atoms with Crippen LogP contribution in [0.4, 0.5) is 17.2 Å². The van der Waals surface area contributed by atoms with Crippen LogP contribution in [0.5, 0.6) is 0 Å². The van der Waals surface area contributed by atoms with Crippen LogP contribution in [-0.2, 0) is 11.8 Å². The molecule has 8 nitrogen and oxygen atoms in total. The molecule has 1 aromatic carbocycles. The van der Waals surface area contributed by atoms with Gasteiger partial charge in [-0.2, -0.15) is 5.10 Å². The number of carbonyl (C=O) groups excluding carboxylic acids is 1. The Morgan fingerprint density at radius 3 is 2.78 bits per heavy atom. The van der Waals surface area contributed by atoms with Crippen LogP contribution >= 0.6 is 0 Å². The second kappa shape index (κ2) is 7.78. The molecule has 0 bridgehead atoms. The average molecular weight is 430 g/mol. The van der Waals surface area contributed by atoms with Crippen LogP contribution in [0.1, 0.15) is 32.3 Å². The van der Waals surface area contributed by atoms with E-state index in [0.717, 1.165) is 52.2 Å². The molecule has 0 saturated heterocycles. The number of fused-ring (bicyclic) bond motifs is 2. The van der Waals surface area contributed by atoms with Gasteiger partial charge >= 0.3 is 0 Å². The molecule has 1 atom stereocenters. The molecule has 1 amide bonds. The smallest absolute Gasteiger partial charge is 0.224 e. The number of nitrogens with zero attached hydrogens (tertiary/aromatic N) is 6. The summed E-state index contributed by atoms with van der Waals surface area (Å²) in [6.45, 7) is 4.29. The molecule has 0 spiro atoms. The Balaban J connectivity index is 1.66. The zero-order valence-corrected chi connectivity index (χ0v) is 18.6. The Labute approximate surface area is 187 Å². The van der Waals surface area contributed by atoms with Crippen LogP contribution in [0, 0.1) is 0 Å². The Hall–Kier alpha value is -3.68. The highest BCUT2D eigenvalue weighted by Crippen LogP contribution is 2.42. The zero-order chi connectivity index (χ0) is 22.4. The number of carbonyl (C=O) groups is 1. The van der Waals surface area contributed by atoms with Gasteiger partial charge in [0.1, 0.15) is 0 Å². The van der Waals surface area contributed by atoms with Gasteiger partial charge in [-0.3, -0.25) is 9.79 Å². The monoisotopic (exact) mass is 429 g/mol. The summed E-state index contributed by atoms with van der Waals surface area (Å²) in [6, 6.07) is 10.4. The summed E-state index contributed by atoms with van der Waals surface area (Å²) in [6.07, 6.45) is 7.50. The maximum Gasteiger partial charge on any atom is 0.224 e. The summed E-state index contributed by atoms with van der Waals surface area (Å²) >= 11 is 0. The first-order valence-electron chi connectivity index (χ1n) is 10.9. The fourth-order valence-electron chi connectivity index (χ4n) is 4.38. The molecule has 1 fully saturated rings. The van der Waals surface area contributed by atoms with Crippen molar-refractivity contribution in [3.63, 3.8) is 0 Å². The Bertz CT molecular complexity index is 1250. The van der Waals surface area contributed by atoms with Gasteiger partial charge in [-0.1, -0.05) is 6.07 Å². The summed E-state index contributed by atoms with van der Waals surface area (Å²) in [5.41, 5.74) is 10.4. The third-order valence-electron chi connectivity index (χ3n) is 6.07. The first-order valence-corrected chi connectivity index (χ1v) is 10.9. The molecule has 0 radical (unpaired) electrons. The molecule has 5 rings (SSSR count). The molecule has 8 heteroatoms. The fraction of sp³-hybridized carbons (Fsp3) is 0.333. The molecule has 164 valence electrons. The molecular formula is C24H27N7O. The number of rotatable bonds is 4. The lowest BCUT2D eigenvalue weighted by molar-refractivity contribution is -0.117. The van der Waals surface area contributed by atoms with Crippen molar-refractivity contribution >= 4 is 45.9 Å². The van der Waals surface area contributed by atoms with Gasteiger partial charge in [0.15, 0.2) is 11.5 Å². The molecule has 2 aromatic heterocycles. The van der Waals surface area contributed by atoms with Crippen molar-refractivity contribution in [1.29, 1.82) is 0 Å². The first-order chi connectivity index (χ1) is 15.5. The molecular weight excluding hydrogens is 402 g/mol. The molecule has 3 heterocycles. The van der Waals surface area contributed by atoms with E-state index in [2.05, 4.69) is 27.9 Å². The summed E-state index contributed by atoms with van der Waals surface area (Å²) in [5, 5.41) is 5.76. The number of benzene rings is 1. The summed E-state index contributed by atoms with van der Waals surface area (Å²) in [5.74, 6) is 0.845. The number of nitrogens with two attached hydrogens (primary N) is 1. The molecule has 1 aliphatic carbocycles. The molecule has 1 unspecified atom stereocenters. The van der Waals surface area contributed by atoms with E-state index in [9.17, 15) is 4.79 Å². The number of hydrogen-bond donors (Lipinski definition) is 1. The van der Waals surface area contributed by atoms with Gasteiger partial charge in [0.25, 0.3) is 0 Å². The van der Waals surface area contributed by atoms with Gasteiger partial charge < -0.3 is 15.5 Å². The van der Waals surface area contributed by atoms with E-state index in [-0.39, 0.29) is 11.9 Å². The van der Waals surface area contributed by atoms with Crippen molar-refractivity contribution in [2.24, 2.45) is 17.8 Å². The number of aliphatic imine (C=N–C) groups is 1. The lowest BCUT2D eigenvalue weighted by atomic mass is 10.0. The lowest BCUT2D eigenvalue weighted by Gasteiger charge is -2.41. The Kier molecular flexibility index (Phi) is 4.92. The summed E-state index contributed by atoms with van der Waals surface area (Å²) in [4.78, 5) is 25.6. The van der Waals surface area contributed by atoms with E-state index in [1.165, 1.54) is 0 Å². The van der Waals surface area contributed by atoms with Gasteiger partial charge in [-0.05, 0) is 49.6 Å². The Morgan fingerprint density at radius 2 is 2.06 bits per heavy atom. The zero-order valence-electron chi connectivity index (χ0n) is 18.6. The third-order valence-corrected chi connectivity index (χ3v) is 6.07. The molecule has 2 N–H and O–H groups in total. The van der Waals surface area contributed by atoms with Crippen LogP contribution < -0.4 is 15.5 Å². The minimum Gasteiger partial charge on any atom is -0.404 e. The number of pyridine rings is 1. The normalized spacial score (nSPS) is 19.1. The second-order valence-electron chi connectivity index (χ2n) is 8.51. The van der Waals surface area contributed by atoms with Crippen molar-refractivity contribution in [1.82, 2.24) is 14.8 Å². The maximum absolute atomic E-state index is 12.5. The van der Waals surface area contributed by atoms with E-state index < -0.39 is 0 Å². The van der Waals surface area contributed by atoms with Gasteiger partial charge in [0.2, 0.25) is 5.91 Å². The maximum atomic E-state index is 12.5. The van der Waals surface area contributed by atoms with E-state index in [0.29, 0.717) is 12.6 Å². The van der Waals surface area contributed by atoms with Crippen LogP contribution in [0.25, 0.3) is 16.6 Å². The molecule has 32 heavy (non-hydrogen) atoms. The SMILES string of the molecule is CC(=O)N1c2ccc(C(C=NC3CC3)=CN)cc2N(c2nn(C)c3ncccc23)CC1C. The minimum absolute atomic E-state index is 0.0134. The van der Waals surface area contributed by atoms with E-state index in [1.807, 2.05) is 42.4 Å². The van der Waals surface area contributed by atoms with Crippen LogP contribution in [0.15, 0.2) is 47.7 Å². The highest BCUT2D eigenvalue weighted by molar-refractivity contribution is 6.11.